The fourth-order valence-corrected chi connectivity index (χ4v) is 3.70. The number of H-pyrrole nitrogens is 1. The van der Waals surface area contributed by atoms with Crippen molar-refractivity contribution >= 4 is 5.97 Å². The molecule has 0 saturated carbocycles. The maximum Gasteiger partial charge on any atom is 0.330 e. The van der Waals surface area contributed by atoms with Crippen molar-refractivity contribution in [2.45, 2.75) is 90.4 Å². The number of aromatic nitrogens is 2. The van der Waals surface area contributed by atoms with Gasteiger partial charge >= 0.3 is 11.7 Å². The van der Waals surface area contributed by atoms with Crippen LogP contribution < -0.4 is 11.2 Å². The number of hydrogen-bond acceptors (Lipinski definition) is 5. The summed E-state index contributed by atoms with van der Waals surface area (Å²) in [6, 6.07) is 0. The summed E-state index contributed by atoms with van der Waals surface area (Å²) in [6.45, 7) is 3.77. The molecule has 7 nitrogen and oxygen atoms in total. The van der Waals surface area contributed by atoms with Crippen molar-refractivity contribution in [3.8, 4) is 0 Å². The minimum Gasteiger partial charge on any atom is -0.463 e. The number of carbonyl (C=O) groups excluding carboxylic acids is 1. The van der Waals surface area contributed by atoms with Gasteiger partial charge in [-0.3, -0.25) is 19.1 Å². The number of aromatic amines is 1. The first-order valence-electron chi connectivity index (χ1n) is 12.7. The molecule has 0 saturated heterocycles. The second kappa shape index (κ2) is 16.7. The molecule has 1 aliphatic rings. The summed E-state index contributed by atoms with van der Waals surface area (Å²) in [5.74, 6) is -0.229. The van der Waals surface area contributed by atoms with Crippen LogP contribution >= 0.6 is 0 Å². The Morgan fingerprint density at radius 2 is 1.69 bits per heavy atom. The molecule has 1 N–H and O–H groups in total. The second-order valence-electron chi connectivity index (χ2n) is 8.75. The molecule has 2 rings (SSSR count). The van der Waals surface area contributed by atoms with Crippen LogP contribution in [0.15, 0.2) is 64.4 Å². The van der Waals surface area contributed by atoms with Crippen LogP contribution in [0.1, 0.15) is 82.9 Å². The average molecular weight is 485 g/mol. The van der Waals surface area contributed by atoms with Gasteiger partial charge in [-0.25, -0.2) is 4.79 Å². The van der Waals surface area contributed by atoms with E-state index in [2.05, 4.69) is 41.4 Å². The number of unbranched alkanes of at least 4 members (excludes halogenated alkanes) is 6. The smallest absolute Gasteiger partial charge is 0.330 e. The van der Waals surface area contributed by atoms with Gasteiger partial charge in [-0.05, 0) is 52.0 Å². The third-order valence-corrected chi connectivity index (χ3v) is 5.75. The Kier molecular flexibility index (Phi) is 13.5. The summed E-state index contributed by atoms with van der Waals surface area (Å²) < 4.78 is 12.4. The number of allylic oxidation sites excluding steroid dienone is 6. The number of hydrogen-bond donors (Lipinski definition) is 1. The van der Waals surface area contributed by atoms with Gasteiger partial charge in [-0.1, -0.05) is 68.2 Å². The molecule has 1 aliphatic heterocycles. The van der Waals surface area contributed by atoms with E-state index in [1.807, 2.05) is 6.92 Å². The lowest BCUT2D eigenvalue weighted by Gasteiger charge is -2.16. The monoisotopic (exact) mass is 484 g/mol. The van der Waals surface area contributed by atoms with Crippen molar-refractivity contribution in [2.24, 2.45) is 0 Å². The minimum absolute atomic E-state index is 0.113. The molecule has 0 fully saturated rings. The molecule has 1 aromatic heterocycles. The highest BCUT2D eigenvalue weighted by Crippen LogP contribution is 2.20. The highest BCUT2D eigenvalue weighted by atomic mass is 16.6. The number of rotatable bonds is 16. The molecule has 0 aliphatic carbocycles. The van der Waals surface area contributed by atoms with E-state index in [0.717, 1.165) is 38.5 Å². The molecule has 0 unspecified atom stereocenters. The number of aryl methyl sites for hydroxylation is 1. The highest BCUT2D eigenvalue weighted by Gasteiger charge is 2.23. The maximum absolute atomic E-state index is 12.0. The van der Waals surface area contributed by atoms with Crippen molar-refractivity contribution in [2.75, 3.05) is 6.61 Å². The van der Waals surface area contributed by atoms with Gasteiger partial charge in [0.2, 0.25) is 0 Å². The topological polar surface area (TPSA) is 90.4 Å². The zero-order chi connectivity index (χ0) is 25.3. The minimum atomic E-state index is -0.623. The molecule has 2 atom stereocenters. The zero-order valence-corrected chi connectivity index (χ0v) is 21.1. The van der Waals surface area contributed by atoms with E-state index >= 15 is 0 Å². The van der Waals surface area contributed by atoms with Crippen LogP contribution in [0.2, 0.25) is 0 Å². The predicted octanol–water partition coefficient (Wildman–Crippen LogP) is 5.43. The second-order valence-corrected chi connectivity index (χ2v) is 8.75. The Morgan fingerprint density at radius 3 is 2.46 bits per heavy atom. The molecular weight excluding hydrogens is 444 g/mol. The van der Waals surface area contributed by atoms with E-state index in [1.165, 1.54) is 30.0 Å². The van der Waals surface area contributed by atoms with Gasteiger partial charge < -0.3 is 9.47 Å². The van der Waals surface area contributed by atoms with Crippen molar-refractivity contribution in [1.29, 1.82) is 0 Å². The van der Waals surface area contributed by atoms with Crippen molar-refractivity contribution in [3.63, 3.8) is 0 Å². The lowest BCUT2D eigenvalue weighted by molar-refractivity contribution is -0.147. The van der Waals surface area contributed by atoms with E-state index in [9.17, 15) is 14.4 Å². The van der Waals surface area contributed by atoms with Crippen LogP contribution in [0.4, 0.5) is 0 Å². The number of nitrogens with zero attached hydrogens (tertiary/aromatic N) is 1. The largest absolute Gasteiger partial charge is 0.463 e. The van der Waals surface area contributed by atoms with E-state index in [1.54, 1.807) is 19.1 Å². The SMILES string of the molecule is C/C=C/C/C=C/C/C=C/CCCCCCCCC(=O)OC[C@@H]1C=C[C@H](n2cc(C)c(=O)[nH]c2=O)O1. The summed E-state index contributed by atoms with van der Waals surface area (Å²) in [5.41, 5.74) is -0.522. The van der Waals surface area contributed by atoms with Crippen LogP contribution in [-0.2, 0) is 14.3 Å². The molecule has 1 aromatic rings. The van der Waals surface area contributed by atoms with Crippen molar-refractivity contribution < 1.29 is 14.3 Å². The first kappa shape index (κ1) is 28.3. The van der Waals surface area contributed by atoms with Crippen LogP contribution in [0, 0.1) is 6.92 Å². The molecule has 7 heteroatoms. The standard InChI is InChI=1S/C28H40N2O5/c1-3-4-5-6-7-8-9-10-11-12-13-14-15-16-17-18-26(31)34-22-24-19-20-25(35-24)30-21-23(2)27(32)29-28(30)33/h3-4,6-7,9-10,19-21,24-25H,5,8,11-18,22H2,1-2H3,(H,29,32,33)/b4-3+,7-6+,10-9+/t24-,25+/m0/s1. The van der Waals surface area contributed by atoms with E-state index in [0.29, 0.717) is 12.0 Å². The molecule has 0 bridgehead atoms. The Morgan fingerprint density at radius 1 is 1.00 bits per heavy atom. The Balaban J connectivity index is 1.47. The molecule has 35 heavy (non-hydrogen) atoms. The van der Waals surface area contributed by atoms with E-state index < -0.39 is 23.6 Å². The summed E-state index contributed by atoms with van der Waals surface area (Å²) in [6.07, 6.45) is 27.2. The van der Waals surface area contributed by atoms with E-state index in [4.69, 9.17) is 9.47 Å². The third-order valence-electron chi connectivity index (χ3n) is 5.75. The van der Waals surface area contributed by atoms with Gasteiger partial charge in [0, 0.05) is 18.2 Å². The highest BCUT2D eigenvalue weighted by molar-refractivity contribution is 5.69. The first-order chi connectivity index (χ1) is 17.0. The van der Waals surface area contributed by atoms with Crippen molar-refractivity contribution in [1.82, 2.24) is 9.55 Å². The molecule has 0 amide bonds. The molecule has 0 spiro atoms. The van der Waals surface area contributed by atoms with Crippen LogP contribution in [0.25, 0.3) is 0 Å². The molecular formula is C28H40N2O5. The first-order valence-corrected chi connectivity index (χ1v) is 12.7. The molecule has 192 valence electrons. The van der Waals surface area contributed by atoms with Crippen LogP contribution in [-0.4, -0.2) is 28.2 Å². The number of carbonyl (C=O) groups is 1. The lowest BCUT2D eigenvalue weighted by atomic mass is 10.1. The van der Waals surface area contributed by atoms with Gasteiger partial charge in [0.15, 0.2) is 6.23 Å². The third kappa shape index (κ3) is 11.4. The average Bonchev–Trinajstić information content (AvgIpc) is 3.31. The zero-order valence-electron chi connectivity index (χ0n) is 21.1. The maximum atomic E-state index is 12.0. The van der Waals surface area contributed by atoms with Gasteiger partial charge in [-0.2, -0.15) is 0 Å². The lowest BCUT2D eigenvalue weighted by Crippen LogP contribution is -2.33. The van der Waals surface area contributed by atoms with Crippen molar-refractivity contribution in [3.05, 3.63) is 81.2 Å². The summed E-state index contributed by atoms with van der Waals surface area (Å²) in [5, 5.41) is 0. The molecule has 0 aromatic carbocycles. The summed E-state index contributed by atoms with van der Waals surface area (Å²) in [7, 11) is 0. The quantitative estimate of drug-likeness (QED) is 0.192. The number of nitrogens with one attached hydrogen (secondary N) is 1. The van der Waals surface area contributed by atoms with Gasteiger partial charge in [0.1, 0.15) is 12.7 Å². The number of esters is 1. The van der Waals surface area contributed by atoms with Crippen LogP contribution in [0.5, 0.6) is 0 Å². The fraction of sp³-hybridized carbons (Fsp3) is 0.536. The predicted molar refractivity (Wildman–Crippen MR) is 139 cm³/mol. The Hall–Kier alpha value is -2.93. The molecule has 2 heterocycles. The Bertz CT molecular complexity index is 999. The molecule has 0 radical (unpaired) electrons. The van der Waals surface area contributed by atoms with Crippen LogP contribution in [0.3, 0.4) is 0 Å². The van der Waals surface area contributed by atoms with Gasteiger partial charge in [-0.15, -0.1) is 0 Å². The van der Waals surface area contributed by atoms with Gasteiger partial charge in [0.05, 0.1) is 0 Å². The van der Waals surface area contributed by atoms with Gasteiger partial charge in [0.25, 0.3) is 5.56 Å². The van der Waals surface area contributed by atoms with E-state index in [-0.39, 0.29) is 12.6 Å². The normalized spacial score (nSPS) is 17.9. The Labute approximate surface area is 208 Å². The summed E-state index contributed by atoms with van der Waals surface area (Å²) >= 11 is 0. The number of ether oxygens (including phenoxy) is 2. The fourth-order valence-electron chi connectivity index (χ4n) is 3.70. The summed E-state index contributed by atoms with van der Waals surface area (Å²) in [4.78, 5) is 37.7.